The van der Waals surface area contributed by atoms with Gasteiger partial charge in [-0.1, -0.05) is 46.3 Å². The fraction of sp³-hybridized carbons (Fsp3) is 0.333. The summed E-state index contributed by atoms with van der Waals surface area (Å²) in [7, 11) is 0. The van der Waals surface area contributed by atoms with E-state index in [-0.39, 0.29) is 0 Å². The van der Waals surface area contributed by atoms with Crippen LogP contribution in [0.3, 0.4) is 0 Å². The molecule has 1 unspecified atom stereocenters. The van der Waals surface area contributed by atoms with Crippen LogP contribution in [-0.4, -0.2) is 9.97 Å². The first-order valence-electron chi connectivity index (χ1n) is 6.35. The number of aryl methyl sites for hydroxylation is 1. The number of alkyl halides is 1. The highest BCUT2D eigenvalue weighted by molar-refractivity contribution is 9.09. The van der Waals surface area contributed by atoms with Gasteiger partial charge < -0.3 is 0 Å². The molecule has 92 valence electrons. The van der Waals surface area contributed by atoms with Crippen molar-refractivity contribution in [2.45, 2.75) is 30.5 Å². The lowest BCUT2D eigenvalue weighted by molar-refractivity contribution is 0.860. The molecule has 2 nitrogen and oxygen atoms in total. The summed E-state index contributed by atoms with van der Waals surface area (Å²) in [5.74, 6) is 0. The highest BCUT2D eigenvalue weighted by Gasteiger charge is 2.19. The van der Waals surface area contributed by atoms with E-state index in [0.29, 0.717) is 4.83 Å². The molecule has 0 spiro atoms. The molecule has 0 bridgehead atoms. The Kier molecular flexibility index (Phi) is 3.41. The molecule has 3 rings (SSSR count). The van der Waals surface area contributed by atoms with Crippen LogP contribution < -0.4 is 0 Å². The van der Waals surface area contributed by atoms with E-state index in [1.165, 1.54) is 28.9 Å². The average molecular weight is 303 g/mol. The largest absolute Gasteiger partial charge is 0.241 e. The number of aromatic nitrogens is 2. The molecule has 1 aliphatic rings. The summed E-state index contributed by atoms with van der Waals surface area (Å²) in [4.78, 5) is 9.18. The minimum Gasteiger partial charge on any atom is -0.241 e. The third-order valence-corrected chi connectivity index (χ3v) is 4.35. The summed E-state index contributed by atoms with van der Waals surface area (Å²) in [6, 6.07) is 10.5. The number of fused-ring (bicyclic) bond motifs is 1. The normalized spacial score (nSPS) is 15.4. The Balaban J connectivity index is 1.83. The standard InChI is InChI=1S/C15H15BrN2/c16-13(11-5-2-1-3-6-11)9-15-12-7-4-8-14(12)17-10-18-15/h1-3,5-6,10,13H,4,7-9H2. The third-order valence-electron chi connectivity index (χ3n) is 3.50. The van der Waals surface area contributed by atoms with Crippen molar-refractivity contribution in [1.29, 1.82) is 0 Å². The summed E-state index contributed by atoms with van der Waals surface area (Å²) in [6.07, 6.45) is 6.13. The van der Waals surface area contributed by atoms with Gasteiger partial charge in [-0.25, -0.2) is 9.97 Å². The smallest absolute Gasteiger partial charge is 0.115 e. The molecule has 0 amide bonds. The van der Waals surface area contributed by atoms with E-state index in [4.69, 9.17) is 0 Å². The number of nitrogens with zero attached hydrogens (tertiary/aromatic N) is 2. The van der Waals surface area contributed by atoms with Gasteiger partial charge in [0, 0.05) is 22.6 Å². The van der Waals surface area contributed by atoms with Crippen LogP contribution in [0.4, 0.5) is 0 Å². The van der Waals surface area contributed by atoms with Gasteiger partial charge in [-0.05, 0) is 30.4 Å². The van der Waals surface area contributed by atoms with E-state index < -0.39 is 0 Å². The van der Waals surface area contributed by atoms with E-state index in [9.17, 15) is 0 Å². The van der Waals surface area contributed by atoms with Crippen LogP contribution in [-0.2, 0) is 19.3 Å². The SMILES string of the molecule is BrC(Cc1ncnc2c1CCC2)c1ccccc1. The third kappa shape index (κ3) is 2.32. The average Bonchev–Trinajstić information content (AvgIpc) is 2.89. The molecule has 1 atom stereocenters. The van der Waals surface area contributed by atoms with E-state index >= 15 is 0 Å². The molecule has 0 N–H and O–H groups in total. The molecule has 1 aromatic heterocycles. The maximum absolute atomic E-state index is 4.47. The van der Waals surface area contributed by atoms with Crippen molar-refractivity contribution < 1.29 is 0 Å². The number of hydrogen-bond donors (Lipinski definition) is 0. The molecule has 1 heterocycles. The molecule has 0 radical (unpaired) electrons. The zero-order chi connectivity index (χ0) is 12.4. The minimum atomic E-state index is 0.332. The Labute approximate surface area is 116 Å². The molecule has 1 aliphatic carbocycles. The van der Waals surface area contributed by atoms with Crippen LogP contribution in [0.25, 0.3) is 0 Å². The Morgan fingerprint density at radius 1 is 1.11 bits per heavy atom. The van der Waals surface area contributed by atoms with E-state index in [0.717, 1.165) is 19.3 Å². The molecule has 0 aliphatic heterocycles. The van der Waals surface area contributed by atoms with Crippen LogP contribution in [0.5, 0.6) is 0 Å². The number of benzene rings is 1. The summed E-state index contributed by atoms with van der Waals surface area (Å²) < 4.78 is 0. The van der Waals surface area contributed by atoms with Crippen molar-refractivity contribution in [3.8, 4) is 0 Å². The van der Waals surface area contributed by atoms with Crippen molar-refractivity contribution in [2.24, 2.45) is 0 Å². The number of halogens is 1. The summed E-state index contributed by atoms with van der Waals surface area (Å²) in [6.45, 7) is 0. The van der Waals surface area contributed by atoms with E-state index in [1.54, 1.807) is 6.33 Å². The minimum absolute atomic E-state index is 0.332. The van der Waals surface area contributed by atoms with Crippen LogP contribution >= 0.6 is 15.9 Å². The maximum atomic E-state index is 4.47. The zero-order valence-corrected chi connectivity index (χ0v) is 11.7. The van der Waals surface area contributed by atoms with Gasteiger partial charge in [0.25, 0.3) is 0 Å². The first kappa shape index (κ1) is 11.8. The Morgan fingerprint density at radius 3 is 2.78 bits per heavy atom. The van der Waals surface area contributed by atoms with Gasteiger partial charge >= 0.3 is 0 Å². The van der Waals surface area contributed by atoms with Crippen molar-refractivity contribution >= 4 is 15.9 Å². The van der Waals surface area contributed by atoms with Crippen LogP contribution in [0.2, 0.25) is 0 Å². The van der Waals surface area contributed by atoms with Crippen LogP contribution in [0.15, 0.2) is 36.7 Å². The lowest BCUT2D eigenvalue weighted by Gasteiger charge is -2.12. The molecular formula is C15H15BrN2. The van der Waals surface area contributed by atoms with Crippen LogP contribution in [0, 0.1) is 0 Å². The first-order chi connectivity index (χ1) is 8.84. The molecule has 2 aromatic rings. The number of hydrogen-bond acceptors (Lipinski definition) is 2. The zero-order valence-electron chi connectivity index (χ0n) is 10.1. The molecule has 3 heteroatoms. The van der Waals surface area contributed by atoms with Gasteiger partial charge in [-0.2, -0.15) is 0 Å². The van der Waals surface area contributed by atoms with E-state index in [1.807, 2.05) is 6.07 Å². The highest BCUT2D eigenvalue weighted by atomic mass is 79.9. The Bertz CT molecular complexity index is 539. The van der Waals surface area contributed by atoms with E-state index in [2.05, 4.69) is 50.2 Å². The summed E-state index contributed by atoms with van der Waals surface area (Å²) in [5.41, 5.74) is 5.16. The van der Waals surface area contributed by atoms with Crippen molar-refractivity contribution in [1.82, 2.24) is 9.97 Å². The first-order valence-corrected chi connectivity index (χ1v) is 7.27. The predicted octanol–water partition coefficient (Wildman–Crippen LogP) is 3.64. The molecular weight excluding hydrogens is 288 g/mol. The molecule has 18 heavy (non-hydrogen) atoms. The van der Waals surface area contributed by atoms with Gasteiger partial charge in [0.05, 0.1) is 0 Å². The molecule has 1 aromatic carbocycles. The predicted molar refractivity (Wildman–Crippen MR) is 75.9 cm³/mol. The second kappa shape index (κ2) is 5.19. The second-order valence-corrected chi connectivity index (χ2v) is 5.79. The quantitative estimate of drug-likeness (QED) is 0.809. The fourth-order valence-electron chi connectivity index (χ4n) is 2.55. The van der Waals surface area contributed by atoms with Crippen LogP contribution in [0.1, 0.15) is 33.8 Å². The van der Waals surface area contributed by atoms with Gasteiger partial charge in [-0.3, -0.25) is 0 Å². The van der Waals surface area contributed by atoms with Gasteiger partial charge in [0.2, 0.25) is 0 Å². The Morgan fingerprint density at radius 2 is 1.94 bits per heavy atom. The number of rotatable bonds is 3. The monoisotopic (exact) mass is 302 g/mol. The highest BCUT2D eigenvalue weighted by Crippen LogP contribution is 2.30. The summed E-state index contributed by atoms with van der Waals surface area (Å²) in [5, 5.41) is 0. The van der Waals surface area contributed by atoms with Crippen molar-refractivity contribution in [3.63, 3.8) is 0 Å². The summed E-state index contributed by atoms with van der Waals surface area (Å²) >= 11 is 3.77. The Hall–Kier alpha value is -1.22. The molecule has 0 saturated heterocycles. The van der Waals surface area contributed by atoms with Gasteiger partial charge in [0.15, 0.2) is 0 Å². The topological polar surface area (TPSA) is 25.8 Å². The molecule has 0 saturated carbocycles. The second-order valence-electron chi connectivity index (χ2n) is 4.68. The fourth-order valence-corrected chi connectivity index (χ4v) is 3.16. The molecule has 0 fully saturated rings. The van der Waals surface area contributed by atoms with Gasteiger partial charge in [-0.15, -0.1) is 0 Å². The lowest BCUT2D eigenvalue weighted by atomic mass is 10.0. The van der Waals surface area contributed by atoms with Crippen molar-refractivity contribution in [3.05, 3.63) is 59.2 Å². The lowest BCUT2D eigenvalue weighted by Crippen LogP contribution is -2.03. The van der Waals surface area contributed by atoms with Crippen molar-refractivity contribution in [2.75, 3.05) is 0 Å². The van der Waals surface area contributed by atoms with Gasteiger partial charge in [0.1, 0.15) is 6.33 Å². The maximum Gasteiger partial charge on any atom is 0.115 e.